The van der Waals surface area contributed by atoms with Gasteiger partial charge in [0.1, 0.15) is 6.04 Å². The first-order chi connectivity index (χ1) is 8.97. The van der Waals surface area contributed by atoms with Crippen molar-refractivity contribution in [1.29, 1.82) is 0 Å². The van der Waals surface area contributed by atoms with Crippen LogP contribution in [-0.2, 0) is 19.1 Å². The highest BCUT2D eigenvalue weighted by Crippen LogP contribution is 2.14. The van der Waals surface area contributed by atoms with Gasteiger partial charge in [-0.05, 0) is 26.7 Å². The molecule has 0 saturated heterocycles. The second-order valence-electron chi connectivity index (χ2n) is 5.53. The van der Waals surface area contributed by atoms with E-state index in [-0.39, 0.29) is 5.92 Å². The summed E-state index contributed by atoms with van der Waals surface area (Å²) in [5.41, 5.74) is -1.99. The zero-order valence-corrected chi connectivity index (χ0v) is 12.5. The molecule has 0 bridgehead atoms. The number of carboxylic acids is 1. The third kappa shape index (κ3) is 6.01. The van der Waals surface area contributed by atoms with Crippen LogP contribution in [0.4, 0.5) is 0 Å². The lowest BCUT2D eigenvalue weighted by Crippen LogP contribution is -2.48. The first-order valence-corrected chi connectivity index (χ1v) is 6.43. The second-order valence-corrected chi connectivity index (χ2v) is 5.53. The molecule has 0 radical (unpaired) electrons. The van der Waals surface area contributed by atoms with E-state index in [1.165, 1.54) is 0 Å². The van der Waals surface area contributed by atoms with Gasteiger partial charge in [0, 0.05) is 0 Å². The largest absolute Gasteiger partial charge is 0.480 e. The molecule has 0 aliphatic carbocycles. The van der Waals surface area contributed by atoms with Gasteiger partial charge in [0.2, 0.25) is 5.91 Å². The number of hydrogen-bond donors (Lipinski definition) is 3. The Balaban J connectivity index is 4.66. The molecule has 0 spiro atoms. The Kier molecular flexibility index (Phi) is 6.64. The van der Waals surface area contributed by atoms with Crippen LogP contribution in [0.25, 0.3) is 0 Å². The molecule has 0 aromatic rings. The molecule has 0 fully saturated rings. The van der Waals surface area contributed by atoms with Crippen LogP contribution in [0.2, 0.25) is 0 Å². The number of carboxylic acid groups (broad SMARTS) is 1. The molecule has 0 rings (SSSR count). The van der Waals surface area contributed by atoms with Gasteiger partial charge in [0.15, 0.2) is 5.60 Å². The maximum Gasteiger partial charge on any atom is 0.338 e. The summed E-state index contributed by atoms with van der Waals surface area (Å²) >= 11 is 0. The van der Waals surface area contributed by atoms with Crippen molar-refractivity contribution in [3.05, 3.63) is 0 Å². The predicted octanol–water partition coefficient (Wildman–Crippen LogP) is 0.305. The quantitative estimate of drug-likeness (QED) is 0.581. The van der Waals surface area contributed by atoms with Crippen LogP contribution < -0.4 is 5.32 Å². The third-order valence-electron chi connectivity index (χ3n) is 2.54. The molecule has 116 valence electrons. The van der Waals surface area contributed by atoms with E-state index in [0.29, 0.717) is 0 Å². The van der Waals surface area contributed by atoms with E-state index in [2.05, 4.69) is 5.32 Å². The first kappa shape index (κ1) is 18.4. The van der Waals surface area contributed by atoms with Crippen molar-refractivity contribution in [2.45, 2.75) is 58.8 Å². The van der Waals surface area contributed by atoms with Crippen LogP contribution >= 0.6 is 0 Å². The van der Waals surface area contributed by atoms with Gasteiger partial charge < -0.3 is 20.3 Å². The summed E-state index contributed by atoms with van der Waals surface area (Å²) in [7, 11) is 0. The van der Waals surface area contributed by atoms with E-state index in [4.69, 9.17) is 9.84 Å². The van der Waals surface area contributed by atoms with E-state index < -0.39 is 42.0 Å². The molecule has 7 nitrogen and oxygen atoms in total. The summed E-state index contributed by atoms with van der Waals surface area (Å²) in [6.45, 7) is 7.68. The smallest absolute Gasteiger partial charge is 0.338 e. The van der Waals surface area contributed by atoms with Crippen molar-refractivity contribution in [2.75, 3.05) is 0 Å². The predicted molar refractivity (Wildman–Crippen MR) is 70.9 cm³/mol. The van der Waals surface area contributed by atoms with Gasteiger partial charge in [0.25, 0.3) is 0 Å². The summed E-state index contributed by atoms with van der Waals surface area (Å²) in [6.07, 6.45) is -0.978. The van der Waals surface area contributed by atoms with Gasteiger partial charge in [-0.1, -0.05) is 13.8 Å². The SMILES string of the molecule is CC(C)OC(=O)C(C)(O)CC(=O)NC(C(=O)O)C(C)C. The highest BCUT2D eigenvalue weighted by Gasteiger charge is 2.36. The summed E-state index contributed by atoms with van der Waals surface area (Å²) < 4.78 is 4.83. The summed E-state index contributed by atoms with van der Waals surface area (Å²) in [6, 6.07) is -1.07. The Morgan fingerprint density at radius 1 is 1.20 bits per heavy atom. The number of rotatable bonds is 7. The van der Waals surface area contributed by atoms with E-state index in [1.54, 1.807) is 27.7 Å². The molecule has 0 saturated carbocycles. The maximum atomic E-state index is 11.7. The summed E-state index contributed by atoms with van der Waals surface area (Å²) in [5, 5.41) is 21.1. The first-order valence-electron chi connectivity index (χ1n) is 6.43. The fraction of sp³-hybridized carbons (Fsp3) is 0.769. The van der Waals surface area contributed by atoms with Crippen LogP contribution in [0.5, 0.6) is 0 Å². The Bertz CT molecular complexity index is 375. The van der Waals surface area contributed by atoms with Gasteiger partial charge in [-0.15, -0.1) is 0 Å². The zero-order chi connectivity index (χ0) is 16.1. The van der Waals surface area contributed by atoms with Crippen molar-refractivity contribution in [3.63, 3.8) is 0 Å². The lowest BCUT2D eigenvalue weighted by Gasteiger charge is -2.24. The number of carbonyl (C=O) groups excluding carboxylic acids is 2. The van der Waals surface area contributed by atoms with Crippen molar-refractivity contribution >= 4 is 17.8 Å². The normalized spacial score (nSPS) is 15.6. The minimum atomic E-state index is -1.99. The van der Waals surface area contributed by atoms with Crippen molar-refractivity contribution < 1.29 is 29.3 Å². The molecule has 0 heterocycles. The number of hydrogen-bond acceptors (Lipinski definition) is 5. The highest BCUT2D eigenvalue weighted by molar-refractivity contribution is 5.89. The molecule has 0 aliphatic rings. The minimum absolute atomic E-state index is 0.316. The lowest BCUT2D eigenvalue weighted by atomic mass is 10.00. The Morgan fingerprint density at radius 3 is 2.05 bits per heavy atom. The molecule has 0 aliphatic heterocycles. The number of aliphatic carboxylic acids is 1. The van der Waals surface area contributed by atoms with Gasteiger partial charge in [0.05, 0.1) is 12.5 Å². The number of amides is 1. The van der Waals surface area contributed by atoms with Crippen LogP contribution in [0, 0.1) is 5.92 Å². The van der Waals surface area contributed by atoms with Crippen molar-refractivity contribution in [3.8, 4) is 0 Å². The average molecular weight is 289 g/mol. The van der Waals surface area contributed by atoms with Gasteiger partial charge in [-0.2, -0.15) is 0 Å². The van der Waals surface area contributed by atoms with Crippen LogP contribution in [0.1, 0.15) is 41.0 Å². The number of ether oxygens (including phenoxy) is 1. The summed E-state index contributed by atoms with van der Waals surface area (Å²) in [5.74, 6) is -3.13. The molecule has 3 N–H and O–H groups in total. The van der Waals surface area contributed by atoms with E-state index >= 15 is 0 Å². The Hall–Kier alpha value is -1.63. The molecule has 0 aromatic carbocycles. The summed E-state index contributed by atoms with van der Waals surface area (Å²) in [4.78, 5) is 34.3. The number of carbonyl (C=O) groups is 3. The van der Waals surface area contributed by atoms with Crippen molar-refractivity contribution in [1.82, 2.24) is 5.32 Å². The maximum absolute atomic E-state index is 11.7. The van der Waals surface area contributed by atoms with Crippen LogP contribution in [-0.4, -0.2) is 45.8 Å². The standard InChI is InChI=1S/C13H23NO6/c1-7(2)10(11(16)17)14-9(15)6-13(5,19)12(18)20-8(3)4/h7-8,10,19H,6H2,1-5H3,(H,14,15)(H,16,17). The fourth-order valence-electron chi connectivity index (χ4n) is 1.46. The molecular weight excluding hydrogens is 266 g/mol. The van der Waals surface area contributed by atoms with Gasteiger partial charge in [-0.3, -0.25) is 4.79 Å². The van der Waals surface area contributed by atoms with Crippen LogP contribution in [0.3, 0.4) is 0 Å². The monoisotopic (exact) mass is 289 g/mol. The molecule has 1 amide bonds. The molecular formula is C13H23NO6. The number of esters is 1. The number of nitrogens with one attached hydrogen (secondary N) is 1. The van der Waals surface area contributed by atoms with E-state index in [1.807, 2.05) is 0 Å². The lowest BCUT2D eigenvalue weighted by molar-refractivity contribution is -0.170. The minimum Gasteiger partial charge on any atom is -0.480 e. The topological polar surface area (TPSA) is 113 Å². The third-order valence-corrected chi connectivity index (χ3v) is 2.54. The molecule has 2 unspecified atom stereocenters. The van der Waals surface area contributed by atoms with Gasteiger partial charge in [-0.25, -0.2) is 9.59 Å². The van der Waals surface area contributed by atoms with E-state index in [0.717, 1.165) is 6.92 Å². The van der Waals surface area contributed by atoms with Crippen molar-refractivity contribution in [2.24, 2.45) is 5.92 Å². The molecule has 0 aromatic heterocycles. The van der Waals surface area contributed by atoms with Crippen LogP contribution in [0.15, 0.2) is 0 Å². The van der Waals surface area contributed by atoms with E-state index in [9.17, 15) is 19.5 Å². The average Bonchev–Trinajstić information content (AvgIpc) is 2.23. The second kappa shape index (κ2) is 7.23. The highest BCUT2D eigenvalue weighted by atomic mass is 16.6. The molecule has 20 heavy (non-hydrogen) atoms. The zero-order valence-electron chi connectivity index (χ0n) is 12.5. The fourth-order valence-corrected chi connectivity index (χ4v) is 1.46. The molecule has 2 atom stereocenters. The number of aliphatic hydroxyl groups is 1. The Morgan fingerprint density at radius 2 is 1.70 bits per heavy atom. The Labute approximate surface area is 118 Å². The van der Waals surface area contributed by atoms with Gasteiger partial charge >= 0.3 is 11.9 Å². The molecule has 7 heteroatoms.